The first-order valence-electron chi connectivity index (χ1n) is 8.16. The highest BCUT2D eigenvalue weighted by molar-refractivity contribution is 7.14. The van der Waals surface area contributed by atoms with Gasteiger partial charge >= 0.3 is 18.2 Å². The molecule has 27 heavy (non-hydrogen) atoms. The van der Waals surface area contributed by atoms with Crippen LogP contribution >= 0.6 is 11.3 Å². The molecule has 2 aromatic rings. The van der Waals surface area contributed by atoms with Crippen molar-refractivity contribution in [2.45, 2.75) is 19.0 Å². The number of carbonyl (C=O) groups is 2. The minimum Gasteiger partial charge on any atom is -0.481 e. The molecule has 1 unspecified atom stereocenters. The van der Waals surface area contributed by atoms with E-state index in [1.54, 1.807) is 5.38 Å². The maximum absolute atomic E-state index is 12.8. The van der Waals surface area contributed by atoms with E-state index >= 15 is 0 Å². The van der Waals surface area contributed by atoms with Crippen LogP contribution in [0.1, 0.15) is 18.4 Å². The zero-order valence-corrected chi connectivity index (χ0v) is 14.8. The van der Waals surface area contributed by atoms with Gasteiger partial charge in [0.05, 0.1) is 17.2 Å². The second-order valence-electron chi connectivity index (χ2n) is 6.17. The number of piperidine rings is 1. The van der Waals surface area contributed by atoms with Crippen molar-refractivity contribution in [1.82, 2.24) is 9.88 Å². The van der Waals surface area contributed by atoms with Crippen molar-refractivity contribution in [3.8, 4) is 11.3 Å². The molecule has 0 radical (unpaired) electrons. The molecule has 144 valence electrons. The Morgan fingerprint density at radius 2 is 2.11 bits per heavy atom. The predicted octanol–water partition coefficient (Wildman–Crippen LogP) is 4.16. The number of amides is 2. The summed E-state index contributed by atoms with van der Waals surface area (Å²) in [6.07, 6.45) is -3.33. The molecule has 0 spiro atoms. The molecule has 2 heterocycles. The highest BCUT2D eigenvalue weighted by Crippen LogP contribution is 2.33. The monoisotopic (exact) mass is 399 g/mol. The Labute approximate surface area is 156 Å². The highest BCUT2D eigenvalue weighted by Gasteiger charge is 2.31. The second-order valence-corrected chi connectivity index (χ2v) is 7.03. The number of nitrogens with zero attached hydrogens (tertiary/aromatic N) is 2. The lowest BCUT2D eigenvalue weighted by Crippen LogP contribution is -2.44. The van der Waals surface area contributed by atoms with Gasteiger partial charge in [-0.05, 0) is 25.0 Å². The number of halogens is 3. The molecular weight excluding hydrogens is 383 g/mol. The third-order valence-electron chi connectivity index (χ3n) is 4.26. The molecule has 1 aromatic carbocycles. The molecule has 10 heteroatoms. The van der Waals surface area contributed by atoms with E-state index in [0.29, 0.717) is 30.6 Å². The van der Waals surface area contributed by atoms with Crippen molar-refractivity contribution in [2.75, 3.05) is 18.4 Å². The van der Waals surface area contributed by atoms with Crippen molar-refractivity contribution in [3.63, 3.8) is 0 Å². The predicted molar refractivity (Wildman–Crippen MR) is 93.5 cm³/mol. The number of hydrogen-bond donors (Lipinski definition) is 2. The summed E-state index contributed by atoms with van der Waals surface area (Å²) >= 11 is 1.09. The molecule has 2 N–H and O–H groups in total. The fraction of sp³-hybridized carbons (Fsp3) is 0.353. The number of carboxylic acids is 1. The van der Waals surface area contributed by atoms with Crippen LogP contribution in [0.5, 0.6) is 0 Å². The van der Waals surface area contributed by atoms with Gasteiger partial charge in [0.15, 0.2) is 5.13 Å². The number of urea groups is 1. The number of hydrogen-bond acceptors (Lipinski definition) is 4. The molecule has 1 aliphatic heterocycles. The SMILES string of the molecule is O=C(O)C1CCCN(C(=O)Nc2nc(-c3cccc(C(F)(F)F)c3)cs2)C1. The maximum atomic E-state index is 12.8. The van der Waals surface area contributed by atoms with Crippen LogP contribution in [0, 0.1) is 5.92 Å². The van der Waals surface area contributed by atoms with Gasteiger partial charge in [-0.1, -0.05) is 12.1 Å². The molecule has 1 fully saturated rings. The van der Waals surface area contributed by atoms with Gasteiger partial charge in [0, 0.05) is 24.0 Å². The van der Waals surface area contributed by atoms with Crippen molar-refractivity contribution >= 4 is 28.5 Å². The van der Waals surface area contributed by atoms with E-state index in [9.17, 15) is 22.8 Å². The Balaban J connectivity index is 1.69. The molecule has 1 atom stereocenters. The second kappa shape index (κ2) is 7.55. The van der Waals surface area contributed by atoms with E-state index in [2.05, 4.69) is 10.3 Å². The summed E-state index contributed by atoms with van der Waals surface area (Å²) in [6, 6.07) is 4.33. The van der Waals surface area contributed by atoms with Gasteiger partial charge in [0.1, 0.15) is 0 Å². The summed E-state index contributed by atoms with van der Waals surface area (Å²) in [7, 11) is 0. The Kier molecular flexibility index (Phi) is 5.36. The average molecular weight is 399 g/mol. The Bertz CT molecular complexity index is 853. The maximum Gasteiger partial charge on any atom is 0.416 e. The number of carboxylic acid groups (broad SMARTS) is 1. The first-order chi connectivity index (χ1) is 12.7. The third kappa shape index (κ3) is 4.57. The first kappa shape index (κ1) is 19.2. The number of carbonyl (C=O) groups excluding carboxylic acids is 1. The fourth-order valence-corrected chi connectivity index (χ4v) is 3.56. The summed E-state index contributed by atoms with van der Waals surface area (Å²) in [6.45, 7) is 0.564. The third-order valence-corrected chi connectivity index (χ3v) is 5.02. The Morgan fingerprint density at radius 1 is 1.33 bits per heavy atom. The van der Waals surface area contributed by atoms with Crippen LogP contribution in [0.25, 0.3) is 11.3 Å². The van der Waals surface area contributed by atoms with E-state index in [1.807, 2.05) is 0 Å². The van der Waals surface area contributed by atoms with Crippen molar-refractivity contribution in [3.05, 3.63) is 35.2 Å². The van der Waals surface area contributed by atoms with Gasteiger partial charge in [0.2, 0.25) is 0 Å². The molecule has 1 aromatic heterocycles. The van der Waals surface area contributed by atoms with Gasteiger partial charge in [-0.2, -0.15) is 13.2 Å². The van der Waals surface area contributed by atoms with Gasteiger partial charge in [-0.25, -0.2) is 9.78 Å². The normalized spacial score (nSPS) is 17.6. The van der Waals surface area contributed by atoms with Gasteiger partial charge in [-0.15, -0.1) is 11.3 Å². The topological polar surface area (TPSA) is 82.5 Å². The molecule has 0 saturated carbocycles. The zero-order valence-electron chi connectivity index (χ0n) is 14.0. The number of aliphatic carboxylic acids is 1. The fourth-order valence-electron chi connectivity index (χ4n) is 2.85. The van der Waals surface area contributed by atoms with Crippen LogP contribution in [0.15, 0.2) is 29.6 Å². The largest absolute Gasteiger partial charge is 0.481 e. The lowest BCUT2D eigenvalue weighted by Gasteiger charge is -2.30. The quantitative estimate of drug-likeness (QED) is 0.812. The van der Waals surface area contributed by atoms with Crippen LogP contribution in [-0.4, -0.2) is 40.1 Å². The highest BCUT2D eigenvalue weighted by atomic mass is 32.1. The number of aromatic nitrogens is 1. The molecule has 0 aliphatic carbocycles. The Hall–Kier alpha value is -2.62. The molecule has 2 amide bonds. The number of rotatable bonds is 3. The van der Waals surface area contributed by atoms with Crippen molar-refractivity contribution in [2.24, 2.45) is 5.92 Å². The van der Waals surface area contributed by atoms with E-state index in [4.69, 9.17) is 5.11 Å². The number of thiazole rings is 1. The minimum absolute atomic E-state index is 0.118. The number of nitrogens with one attached hydrogen (secondary N) is 1. The first-order valence-corrected chi connectivity index (χ1v) is 9.04. The van der Waals surface area contributed by atoms with Crippen LogP contribution in [0.4, 0.5) is 23.1 Å². The summed E-state index contributed by atoms with van der Waals surface area (Å²) < 4.78 is 38.5. The lowest BCUT2D eigenvalue weighted by molar-refractivity contribution is -0.143. The number of anilines is 1. The van der Waals surface area contributed by atoms with Crippen LogP contribution in [0.2, 0.25) is 0 Å². The van der Waals surface area contributed by atoms with E-state index in [-0.39, 0.29) is 11.7 Å². The number of benzene rings is 1. The average Bonchev–Trinajstić information content (AvgIpc) is 3.09. The smallest absolute Gasteiger partial charge is 0.416 e. The molecular formula is C17H16F3N3O3S. The number of alkyl halides is 3. The molecule has 1 saturated heterocycles. The summed E-state index contributed by atoms with van der Waals surface area (Å²) in [5.74, 6) is -1.53. The Morgan fingerprint density at radius 3 is 2.81 bits per heavy atom. The summed E-state index contributed by atoms with van der Waals surface area (Å²) in [5, 5.41) is 13.5. The van der Waals surface area contributed by atoms with Gasteiger partial charge in [-0.3, -0.25) is 10.1 Å². The van der Waals surface area contributed by atoms with E-state index in [0.717, 1.165) is 23.5 Å². The molecule has 0 bridgehead atoms. The summed E-state index contributed by atoms with van der Waals surface area (Å²) in [4.78, 5) is 29.0. The zero-order chi connectivity index (χ0) is 19.6. The molecule has 6 nitrogen and oxygen atoms in total. The van der Waals surface area contributed by atoms with Gasteiger partial charge in [0.25, 0.3) is 0 Å². The molecule has 3 rings (SSSR count). The van der Waals surface area contributed by atoms with E-state index < -0.39 is 29.7 Å². The lowest BCUT2D eigenvalue weighted by atomic mass is 9.99. The number of likely N-dealkylation sites (tertiary alicyclic amines) is 1. The van der Waals surface area contributed by atoms with Crippen LogP contribution in [-0.2, 0) is 11.0 Å². The standard InChI is InChI=1S/C17H16F3N3O3S/c18-17(19,20)12-5-1-3-10(7-12)13-9-27-15(21-13)22-16(26)23-6-2-4-11(8-23)14(24)25/h1,3,5,7,9,11H,2,4,6,8H2,(H,24,25)(H,21,22,26). The minimum atomic E-state index is -4.45. The van der Waals surface area contributed by atoms with Crippen LogP contribution < -0.4 is 5.32 Å². The molecule has 1 aliphatic rings. The van der Waals surface area contributed by atoms with Crippen LogP contribution in [0.3, 0.4) is 0 Å². The van der Waals surface area contributed by atoms with Gasteiger partial charge < -0.3 is 10.0 Å². The van der Waals surface area contributed by atoms with Crippen molar-refractivity contribution in [1.29, 1.82) is 0 Å². The van der Waals surface area contributed by atoms with Crippen molar-refractivity contribution < 1.29 is 27.9 Å². The van der Waals surface area contributed by atoms with E-state index in [1.165, 1.54) is 17.0 Å². The summed E-state index contributed by atoms with van der Waals surface area (Å²) in [5.41, 5.74) is -0.152.